The number of carboxylic acid groups (broad SMARTS) is 1. The molecule has 0 bridgehead atoms. The number of unbranched alkanes of at least 4 members (excludes halogenated alkanes) is 1. The van der Waals surface area contributed by atoms with Crippen molar-refractivity contribution in [2.45, 2.75) is 32.1 Å². The SMILES string of the molecule is O=C(O)CCCCNC(=O)C1CCN(C(=O)c2ccc(F)cc2F)CC1. The summed E-state index contributed by atoms with van der Waals surface area (Å²) in [5.41, 5.74) is -0.173. The predicted molar refractivity (Wildman–Crippen MR) is 89.5 cm³/mol. The lowest BCUT2D eigenvalue weighted by Crippen LogP contribution is -2.43. The summed E-state index contributed by atoms with van der Waals surface area (Å²) in [4.78, 5) is 36.3. The zero-order valence-corrected chi connectivity index (χ0v) is 14.3. The molecule has 8 heteroatoms. The largest absolute Gasteiger partial charge is 0.481 e. The van der Waals surface area contributed by atoms with Gasteiger partial charge in [0.25, 0.3) is 5.91 Å². The Morgan fingerprint density at radius 3 is 2.46 bits per heavy atom. The van der Waals surface area contributed by atoms with Crippen LogP contribution >= 0.6 is 0 Å². The van der Waals surface area contributed by atoms with Gasteiger partial charge in [-0.2, -0.15) is 0 Å². The molecule has 1 aliphatic rings. The predicted octanol–water partition coefficient (Wildman–Crippen LogP) is 2.19. The molecule has 1 aromatic carbocycles. The number of nitrogens with zero attached hydrogens (tertiary/aromatic N) is 1. The van der Waals surface area contributed by atoms with Crippen LogP contribution in [0, 0.1) is 17.6 Å². The van der Waals surface area contributed by atoms with Crippen molar-refractivity contribution in [2.24, 2.45) is 5.92 Å². The molecule has 1 heterocycles. The van der Waals surface area contributed by atoms with Crippen LogP contribution in [0.2, 0.25) is 0 Å². The molecular formula is C18H22F2N2O4. The molecule has 6 nitrogen and oxygen atoms in total. The second-order valence-electron chi connectivity index (χ2n) is 6.33. The zero-order chi connectivity index (χ0) is 19.1. The second-order valence-corrected chi connectivity index (χ2v) is 6.33. The van der Waals surface area contributed by atoms with Crippen LogP contribution in [0.4, 0.5) is 8.78 Å². The molecular weight excluding hydrogens is 346 g/mol. The van der Waals surface area contributed by atoms with Gasteiger partial charge < -0.3 is 15.3 Å². The van der Waals surface area contributed by atoms with Gasteiger partial charge in [-0.25, -0.2) is 8.78 Å². The number of hydrogen-bond acceptors (Lipinski definition) is 3. The van der Waals surface area contributed by atoms with Crippen molar-refractivity contribution in [1.29, 1.82) is 0 Å². The molecule has 1 aliphatic heterocycles. The van der Waals surface area contributed by atoms with E-state index in [1.807, 2.05) is 0 Å². The van der Waals surface area contributed by atoms with Gasteiger partial charge in [-0.05, 0) is 37.8 Å². The minimum Gasteiger partial charge on any atom is -0.481 e. The van der Waals surface area contributed by atoms with E-state index >= 15 is 0 Å². The van der Waals surface area contributed by atoms with Gasteiger partial charge in [0.15, 0.2) is 0 Å². The van der Waals surface area contributed by atoms with Gasteiger partial charge in [-0.15, -0.1) is 0 Å². The highest BCUT2D eigenvalue weighted by atomic mass is 19.1. The van der Waals surface area contributed by atoms with Gasteiger partial charge in [0.1, 0.15) is 11.6 Å². The molecule has 0 aromatic heterocycles. The summed E-state index contributed by atoms with van der Waals surface area (Å²) in [6.07, 6.45) is 2.12. The van der Waals surface area contributed by atoms with E-state index in [-0.39, 0.29) is 23.8 Å². The third kappa shape index (κ3) is 5.50. The first-order valence-electron chi connectivity index (χ1n) is 8.62. The summed E-state index contributed by atoms with van der Waals surface area (Å²) in [6, 6.07) is 2.85. The Morgan fingerprint density at radius 1 is 1.15 bits per heavy atom. The van der Waals surface area contributed by atoms with Crippen molar-refractivity contribution in [3.05, 3.63) is 35.4 Å². The lowest BCUT2D eigenvalue weighted by molar-refractivity contribution is -0.137. The Bertz CT molecular complexity index is 673. The molecule has 26 heavy (non-hydrogen) atoms. The number of nitrogens with one attached hydrogen (secondary N) is 1. The second kappa shape index (κ2) is 9.26. The topological polar surface area (TPSA) is 86.7 Å². The maximum absolute atomic E-state index is 13.7. The van der Waals surface area contributed by atoms with E-state index in [0.29, 0.717) is 51.4 Å². The lowest BCUT2D eigenvalue weighted by Gasteiger charge is -2.31. The highest BCUT2D eigenvalue weighted by Gasteiger charge is 2.28. The van der Waals surface area contributed by atoms with Crippen LogP contribution in [0.3, 0.4) is 0 Å². The first kappa shape index (κ1) is 19.8. The Labute approximate surface area is 150 Å². The van der Waals surface area contributed by atoms with Gasteiger partial charge in [0, 0.05) is 38.0 Å². The molecule has 0 atom stereocenters. The minimum absolute atomic E-state index is 0.0797. The van der Waals surface area contributed by atoms with Gasteiger partial charge in [-0.1, -0.05) is 0 Å². The fourth-order valence-electron chi connectivity index (χ4n) is 2.94. The summed E-state index contributed by atoms with van der Waals surface area (Å²) >= 11 is 0. The number of carboxylic acids is 1. The number of likely N-dealkylation sites (tertiary alicyclic amines) is 1. The average Bonchev–Trinajstić information content (AvgIpc) is 2.60. The molecule has 2 rings (SSSR count). The molecule has 0 unspecified atom stereocenters. The Kier molecular flexibility index (Phi) is 7.06. The standard InChI is InChI=1S/C18H22F2N2O4/c19-13-4-5-14(15(20)11-13)18(26)22-9-6-12(7-10-22)17(25)21-8-2-1-3-16(23)24/h4-5,11-12H,1-3,6-10H2,(H,21,25)(H,23,24). The van der Waals surface area contributed by atoms with E-state index in [1.54, 1.807) is 0 Å². The van der Waals surface area contributed by atoms with Crippen LogP contribution in [0.15, 0.2) is 18.2 Å². The van der Waals surface area contributed by atoms with Crippen LogP contribution in [-0.2, 0) is 9.59 Å². The number of benzene rings is 1. The van der Waals surface area contributed by atoms with Crippen molar-refractivity contribution in [3.63, 3.8) is 0 Å². The van der Waals surface area contributed by atoms with Gasteiger partial charge in [0.2, 0.25) is 5.91 Å². The molecule has 0 radical (unpaired) electrons. The number of aliphatic carboxylic acids is 1. The van der Waals surface area contributed by atoms with Crippen molar-refractivity contribution < 1.29 is 28.3 Å². The number of amides is 2. The number of carbonyl (C=O) groups is 3. The third-order valence-corrected chi connectivity index (χ3v) is 4.43. The van der Waals surface area contributed by atoms with E-state index < -0.39 is 23.5 Å². The molecule has 0 saturated carbocycles. The monoisotopic (exact) mass is 368 g/mol. The summed E-state index contributed by atoms with van der Waals surface area (Å²) < 4.78 is 26.7. The number of hydrogen-bond donors (Lipinski definition) is 2. The van der Waals surface area contributed by atoms with Crippen LogP contribution in [0.1, 0.15) is 42.5 Å². The van der Waals surface area contributed by atoms with Crippen LogP contribution in [-0.4, -0.2) is 47.4 Å². The summed E-state index contributed by atoms with van der Waals surface area (Å²) in [5.74, 6) is -3.33. The normalized spacial score (nSPS) is 14.9. The fraction of sp³-hybridized carbons (Fsp3) is 0.500. The maximum atomic E-state index is 13.7. The Hall–Kier alpha value is -2.51. The van der Waals surface area contributed by atoms with Gasteiger partial charge in [0.05, 0.1) is 5.56 Å². The van der Waals surface area contributed by atoms with Gasteiger partial charge >= 0.3 is 5.97 Å². The molecule has 0 spiro atoms. The Balaban J connectivity index is 1.76. The van der Waals surface area contributed by atoms with Gasteiger partial charge in [-0.3, -0.25) is 14.4 Å². The maximum Gasteiger partial charge on any atom is 0.303 e. The van der Waals surface area contributed by atoms with E-state index in [2.05, 4.69) is 5.32 Å². The summed E-state index contributed by atoms with van der Waals surface area (Å²) in [5, 5.41) is 11.3. The van der Waals surface area contributed by atoms with E-state index in [0.717, 1.165) is 12.1 Å². The summed E-state index contributed by atoms with van der Waals surface area (Å²) in [6.45, 7) is 1.07. The van der Waals surface area contributed by atoms with Crippen LogP contribution < -0.4 is 5.32 Å². The van der Waals surface area contributed by atoms with Crippen LogP contribution in [0.5, 0.6) is 0 Å². The lowest BCUT2D eigenvalue weighted by atomic mass is 9.95. The van der Waals surface area contributed by atoms with Crippen molar-refractivity contribution in [3.8, 4) is 0 Å². The smallest absolute Gasteiger partial charge is 0.303 e. The molecule has 0 aliphatic carbocycles. The first-order chi connectivity index (χ1) is 12.4. The number of carbonyl (C=O) groups excluding carboxylic acids is 2. The molecule has 142 valence electrons. The highest BCUT2D eigenvalue weighted by Crippen LogP contribution is 2.20. The van der Waals surface area contributed by atoms with Crippen molar-refractivity contribution >= 4 is 17.8 Å². The molecule has 1 fully saturated rings. The molecule has 1 saturated heterocycles. The van der Waals surface area contributed by atoms with Crippen molar-refractivity contribution in [2.75, 3.05) is 19.6 Å². The van der Waals surface area contributed by atoms with E-state index in [9.17, 15) is 23.2 Å². The molecule has 1 aromatic rings. The number of piperidine rings is 1. The minimum atomic E-state index is -0.892. The molecule has 2 amide bonds. The number of rotatable bonds is 7. The molecule has 2 N–H and O–H groups in total. The third-order valence-electron chi connectivity index (χ3n) is 4.43. The average molecular weight is 368 g/mol. The summed E-state index contributed by atoms with van der Waals surface area (Å²) in [7, 11) is 0. The van der Waals surface area contributed by atoms with Crippen molar-refractivity contribution in [1.82, 2.24) is 10.2 Å². The highest BCUT2D eigenvalue weighted by molar-refractivity contribution is 5.94. The quantitative estimate of drug-likeness (QED) is 0.723. The van der Waals surface area contributed by atoms with E-state index in [1.165, 1.54) is 4.90 Å². The van der Waals surface area contributed by atoms with Crippen LogP contribution in [0.25, 0.3) is 0 Å². The van der Waals surface area contributed by atoms with E-state index in [4.69, 9.17) is 5.11 Å². The number of halogens is 2. The zero-order valence-electron chi connectivity index (χ0n) is 14.3. The Morgan fingerprint density at radius 2 is 1.85 bits per heavy atom. The first-order valence-corrected chi connectivity index (χ1v) is 8.62. The fourth-order valence-corrected chi connectivity index (χ4v) is 2.94.